The molecule has 0 unspecified atom stereocenters. The van der Waals surface area contributed by atoms with Gasteiger partial charge in [0.25, 0.3) is 0 Å². The van der Waals surface area contributed by atoms with Gasteiger partial charge in [0.2, 0.25) is 11.8 Å². The van der Waals surface area contributed by atoms with E-state index in [1.807, 2.05) is 56.3 Å². The molecular weight excluding hydrogens is 485 g/mol. The Balaban J connectivity index is 1.53. The average Bonchev–Trinajstić information content (AvgIpc) is 3.22. The second-order valence-corrected chi connectivity index (χ2v) is 10.1. The monoisotopic (exact) mass is 517 g/mol. The number of hydrogen-bond acceptors (Lipinski definition) is 4. The van der Waals surface area contributed by atoms with Crippen LogP contribution in [0.4, 0.5) is 9.18 Å². The maximum absolute atomic E-state index is 14.0. The van der Waals surface area contributed by atoms with E-state index in [0.29, 0.717) is 6.54 Å². The number of fused-ring (bicyclic) bond motifs is 2. The first-order valence-corrected chi connectivity index (χ1v) is 12.9. The van der Waals surface area contributed by atoms with Crippen LogP contribution < -0.4 is 5.32 Å². The molecule has 2 aliphatic rings. The molecule has 2 saturated heterocycles. The molecule has 9 heteroatoms. The van der Waals surface area contributed by atoms with Gasteiger partial charge in [-0.3, -0.25) is 14.6 Å². The molecule has 2 aliphatic heterocycles. The van der Waals surface area contributed by atoms with Gasteiger partial charge in [0.15, 0.2) is 0 Å². The van der Waals surface area contributed by atoms with Crippen LogP contribution in [0.3, 0.4) is 0 Å². The van der Waals surface area contributed by atoms with Crippen molar-refractivity contribution in [2.45, 2.75) is 45.1 Å². The average molecular weight is 518 g/mol. The third kappa shape index (κ3) is 4.69. The Hall–Kier alpha value is -3.98. The lowest BCUT2D eigenvalue weighted by molar-refractivity contribution is -0.158. The fourth-order valence-electron chi connectivity index (χ4n) is 5.61. The molecule has 198 valence electrons. The molecule has 0 spiro atoms. The topological polar surface area (TPSA) is 76.2 Å². The van der Waals surface area contributed by atoms with E-state index in [9.17, 15) is 18.8 Å². The van der Waals surface area contributed by atoms with Crippen LogP contribution >= 0.6 is 0 Å². The molecule has 3 aromatic rings. The Kier molecular flexibility index (Phi) is 7.03. The highest BCUT2D eigenvalue weighted by atomic mass is 19.1. The van der Waals surface area contributed by atoms with E-state index in [1.165, 1.54) is 12.1 Å². The molecule has 3 aromatic carbocycles. The zero-order chi connectivity index (χ0) is 27.0. The van der Waals surface area contributed by atoms with E-state index in [2.05, 4.69) is 5.32 Å². The number of urea groups is 1. The van der Waals surface area contributed by atoms with E-state index in [-0.39, 0.29) is 49.2 Å². The second-order valence-electron chi connectivity index (χ2n) is 10.1. The predicted molar refractivity (Wildman–Crippen MR) is 142 cm³/mol. The van der Waals surface area contributed by atoms with Crippen LogP contribution in [0.15, 0.2) is 66.7 Å². The Morgan fingerprint density at radius 2 is 1.76 bits per heavy atom. The molecule has 0 radical (unpaired) electrons. The zero-order valence-corrected chi connectivity index (χ0v) is 21.8. The summed E-state index contributed by atoms with van der Waals surface area (Å²) in [4.78, 5) is 43.6. The Bertz CT molecular complexity index is 1360. The van der Waals surface area contributed by atoms with Crippen molar-refractivity contribution in [3.63, 3.8) is 0 Å². The number of hydrogen-bond donors (Lipinski definition) is 1. The highest BCUT2D eigenvalue weighted by Gasteiger charge is 2.52. The molecule has 0 aliphatic carbocycles. The smallest absolute Gasteiger partial charge is 0.331 e. The number of hydrazine groups is 1. The van der Waals surface area contributed by atoms with Crippen molar-refractivity contribution in [3.05, 3.63) is 83.7 Å². The molecule has 0 aromatic heterocycles. The van der Waals surface area contributed by atoms with Crippen LogP contribution in [0, 0.1) is 5.82 Å². The molecule has 1 N–H and O–H groups in total. The van der Waals surface area contributed by atoms with Crippen molar-refractivity contribution in [1.82, 2.24) is 25.1 Å². The molecule has 2 heterocycles. The summed E-state index contributed by atoms with van der Waals surface area (Å²) in [7, 11) is 1.56. The number of nitrogens with zero attached hydrogens (tertiary/aromatic N) is 4. The molecule has 2 atom stereocenters. The van der Waals surface area contributed by atoms with Crippen LogP contribution in [0.2, 0.25) is 0 Å². The number of benzene rings is 3. The molecular formula is C29H32FN5O3. The Morgan fingerprint density at radius 1 is 1.05 bits per heavy atom. The molecule has 5 rings (SSSR count). The summed E-state index contributed by atoms with van der Waals surface area (Å²) in [5.74, 6) is -0.736. The summed E-state index contributed by atoms with van der Waals surface area (Å²) in [6, 6.07) is 18.8. The van der Waals surface area contributed by atoms with Crippen molar-refractivity contribution < 1.29 is 18.8 Å². The van der Waals surface area contributed by atoms with Crippen molar-refractivity contribution >= 4 is 28.6 Å². The highest BCUT2D eigenvalue weighted by Crippen LogP contribution is 2.31. The first-order chi connectivity index (χ1) is 18.3. The Morgan fingerprint density at radius 3 is 2.47 bits per heavy atom. The van der Waals surface area contributed by atoms with E-state index in [4.69, 9.17) is 0 Å². The summed E-state index contributed by atoms with van der Waals surface area (Å²) in [6.07, 6.45) is -0.261. The number of carbonyl (C=O) groups excluding carboxylic acids is 3. The molecule has 2 fully saturated rings. The second kappa shape index (κ2) is 10.4. The largest absolute Gasteiger partial charge is 0.340 e. The fourth-order valence-corrected chi connectivity index (χ4v) is 5.61. The van der Waals surface area contributed by atoms with E-state index in [1.54, 1.807) is 39.0 Å². The minimum absolute atomic E-state index is 0.00836. The maximum atomic E-state index is 14.0. The number of piperazine rings is 1. The van der Waals surface area contributed by atoms with Crippen LogP contribution in [0.5, 0.6) is 0 Å². The van der Waals surface area contributed by atoms with E-state index < -0.39 is 12.2 Å². The van der Waals surface area contributed by atoms with Gasteiger partial charge in [-0.25, -0.2) is 9.18 Å². The summed E-state index contributed by atoms with van der Waals surface area (Å²) < 4.78 is 13.6. The lowest BCUT2D eigenvalue weighted by Crippen LogP contribution is -2.66. The number of nitrogens with one attached hydrogen (secondary N) is 1. The third-order valence-electron chi connectivity index (χ3n) is 7.34. The zero-order valence-electron chi connectivity index (χ0n) is 21.8. The number of halogens is 1. The van der Waals surface area contributed by atoms with Gasteiger partial charge in [0.1, 0.15) is 18.0 Å². The van der Waals surface area contributed by atoms with E-state index in [0.717, 1.165) is 21.9 Å². The Labute approximate surface area is 221 Å². The van der Waals surface area contributed by atoms with Crippen LogP contribution in [-0.2, 0) is 22.6 Å². The first kappa shape index (κ1) is 25.7. The number of carbonyl (C=O) groups is 3. The van der Waals surface area contributed by atoms with Crippen LogP contribution in [0.1, 0.15) is 25.0 Å². The lowest BCUT2D eigenvalue weighted by atomic mass is 9.99. The van der Waals surface area contributed by atoms with Crippen molar-refractivity contribution in [2.75, 3.05) is 20.1 Å². The molecule has 38 heavy (non-hydrogen) atoms. The van der Waals surface area contributed by atoms with E-state index >= 15 is 0 Å². The molecule has 0 saturated carbocycles. The van der Waals surface area contributed by atoms with Crippen molar-refractivity contribution in [2.24, 2.45) is 0 Å². The van der Waals surface area contributed by atoms with Crippen molar-refractivity contribution in [1.29, 1.82) is 0 Å². The van der Waals surface area contributed by atoms with Gasteiger partial charge < -0.3 is 15.1 Å². The van der Waals surface area contributed by atoms with Crippen LogP contribution in [-0.4, -0.2) is 76.0 Å². The minimum Gasteiger partial charge on any atom is -0.340 e. The first-order valence-electron chi connectivity index (χ1n) is 12.9. The standard InChI is InChI=1S/C29H32FN5O3/c1-19(2)35(29(38)31-3)33-18-27(36)34-25(15-20-11-13-23(30)14-12-20)28(37)32(17-26(33)34)16-22-9-6-8-21-7-4-5-10-24(21)22/h4-14,19,25-26H,15-18H2,1-3H3,(H,31,38)/t25-,26+/m0/s1. The summed E-state index contributed by atoms with van der Waals surface area (Å²) in [5, 5.41) is 8.15. The van der Waals surface area contributed by atoms with Crippen LogP contribution in [0.25, 0.3) is 10.8 Å². The molecule has 0 bridgehead atoms. The van der Waals surface area contributed by atoms with Gasteiger partial charge in [-0.1, -0.05) is 54.6 Å². The minimum atomic E-state index is -0.773. The van der Waals surface area contributed by atoms with Gasteiger partial charge >= 0.3 is 6.03 Å². The highest BCUT2D eigenvalue weighted by molar-refractivity contribution is 5.92. The van der Waals surface area contributed by atoms with Gasteiger partial charge in [0, 0.05) is 26.1 Å². The molecule has 8 nitrogen and oxygen atoms in total. The van der Waals surface area contributed by atoms with Crippen molar-refractivity contribution in [3.8, 4) is 0 Å². The lowest BCUT2D eigenvalue weighted by Gasteiger charge is -2.47. The number of amides is 4. The predicted octanol–water partition coefficient (Wildman–Crippen LogP) is 3.37. The fraction of sp³-hybridized carbons (Fsp3) is 0.345. The van der Waals surface area contributed by atoms with Gasteiger partial charge in [-0.15, -0.1) is 0 Å². The van der Waals surface area contributed by atoms with Gasteiger partial charge in [-0.05, 0) is 47.9 Å². The summed E-state index contributed by atoms with van der Waals surface area (Å²) in [6.45, 7) is 4.40. The normalized spacial score (nSPS) is 19.8. The van der Waals surface area contributed by atoms with Gasteiger partial charge in [0.05, 0.1) is 13.1 Å². The quantitative estimate of drug-likeness (QED) is 0.544. The SMILES string of the molecule is CNC(=O)N(C(C)C)N1CC(=O)N2[C@@H](Cc3ccc(F)cc3)C(=O)N(Cc3cccc4ccccc34)C[C@@H]21. The number of rotatable bonds is 6. The maximum Gasteiger partial charge on any atom is 0.331 e. The summed E-state index contributed by atoms with van der Waals surface area (Å²) in [5.41, 5.74) is 1.77. The van der Waals surface area contributed by atoms with Gasteiger partial charge in [-0.2, -0.15) is 5.01 Å². The summed E-state index contributed by atoms with van der Waals surface area (Å²) >= 11 is 0. The third-order valence-corrected chi connectivity index (χ3v) is 7.34. The molecule has 4 amide bonds.